The molecule has 0 radical (unpaired) electrons. The van der Waals surface area contributed by atoms with Crippen molar-refractivity contribution in [2.75, 3.05) is 45.7 Å². The maximum absolute atomic E-state index is 10.9. The summed E-state index contributed by atoms with van der Waals surface area (Å²) in [6, 6.07) is 4.88. The highest BCUT2D eigenvalue weighted by Gasteiger charge is 2.16. The predicted octanol–water partition coefficient (Wildman–Crippen LogP) is 1.73. The lowest BCUT2D eigenvalue weighted by Gasteiger charge is -2.09. The number of nitro benzene ring substituents is 1. The lowest BCUT2D eigenvalue weighted by atomic mass is 10.3. The number of ether oxygens (including phenoxy) is 1. The van der Waals surface area contributed by atoms with Crippen LogP contribution in [0.25, 0.3) is 11.1 Å². The van der Waals surface area contributed by atoms with Gasteiger partial charge in [0, 0.05) is 19.2 Å². The molecule has 21 heavy (non-hydrogen) atoms. The number of non-ortho nitro benzene ring substituents is 1. The summed E-state index contributed by atoms with van der Waals surface area (Å²) < 4.78 is 10.8. The summed E-state index contributed by atoms with van der Waals surface area (Å²) in [5, 5.41) is 13.8. The molecule has 1 N–H and O–H groups in total. The van der Waals surface area contributed by atoms with Gasteiger partial charge in [0.05, 0.1) is 18.1 Å². The zero-order chi connectivity index (χ0) is 15.2. The standard InChI is InChI=1S/C13H18N4O4/c1-16(2)7-9-20-8-6-14-13-15-12-10(17(18)19)4-3-5-11(12)21-13/h3-5H,6-9H2,1-2H3,(H,14,15). The predicted molar refractivity (Wildman–Crippen MR) is 78.5 cm³/mol. The molecule has 1 aromatic heterocycles. The number of anilines is 1. The fourth-order valence-electron chi connectivity index (χ4n) is 1.74. The Morgan fingerprint density at radius 1 is 1.43 bits per heavy atom. The van der Waals surface area contributed by atoms with Gasteiger partial charge < -0.3 is 19.4 Å². The first-order valence-electron chi connectivity index (χ1n) is 6.58. The first-order valence-corrected chi connectivity index (χ1v) is 6.58. The van der Waals surface area contributed by atoms with Crippen LogP contribution in [0.1, 0.15) is 0 Å². The van der Waals surface area contributed by atoms with Gasteiger partial charge in [-0.05, 0) is 20.2 Å². The number of aromatic nitrogens is 1. The van der Waals surface area contributed by atoms with Crippen LogP contribution in [0.5, 0.6) is 0 Å². The number of nitro groups is 1. The van der Waals surface area contributed by atoms with Gasteiger partial charge in [-0.25, -0.2) is 0 Å². The first-order chi connectivity index (χ1) is 10.1. The third-order valence-electron chi connectivity index (χ3n) is 2.80. The molecule has 0 atom stereocenters. The Morgan fingerprint density at radius 3 is 2.95 bits per heavy atom. The molecule has 0 saturated heterocycles. The summed E-state index contributed by atoms with van der Waals surface area (Å²) in [5.41, 5.74) is 0.574. The summed E-state index contributed by atoms with van der Waals surface area (Å²) in [6.07, 6.45) is 0. The molecule has 0 bridgehead atoms. The average Bonchev–Trinajstić information content (AvgIpc) is 2.84. The summed E-state index contributed by atoms with van der Waals surface area (Å²) in [4.78, 5) is 16.5. The van der Waals surface area contributed by atoms with Crippen LogP contribution >= 0.6 is 0 Å². The van der Waals surface area contributed by atoms with E-state index in [1.165, 1.54) is 6.07 Å². The third-order valence-corrected chi connectivity index (χ3v) is 2.80. The second-order valence-electron chi connectivity index (χ2n) is 4.74. The minimum absolute atomic E-state index is 0.0634. The molecule has 0 unspecified atom stereocenters. The summed E-state index contributed by atoms with van der Waals surface area (Å²) >= 11 is 0. The van der Waals surface area contributed by atoms with Gasteiger partial charge in [0.2, 0.25) is 0 Å². The van der Waals surface area contributed by atoms with Crippen LogP contribution in [0.4, 0.5) is 11.7 Å². The number of hydrogen-bond donors (Lipinski definition) is 1. The van der Waals surface area contributed by atoms with Crippen molar-refractivity contribution >= 4 is 22.8 Å². The quantitative estimate of drug-likeness (QED) is 0.450. The second-order valence-corrected chi connectivity index (χ2v) is 4.74. The molecule has 1 aromatic carbocycles. The Labute approximate surface area is 121 Å². The molecule has 114 valence electrons. The highest BCUT2D eigenvalue weighted by Crippen LogP contribution is 2.27. The van der Waals surface area contributed by atoms with E-state index < -0.39 is 4.92 Å². The van der Waals surface area contributed by atoms with E-state index in [1.807, 2.05) is 19.0 Å². The van der Waals surface area contributed by atoms with Crippen molar-refractivity contribution in [3.05, 3.63) is 28.3 Å². The average molecular weight is 294 g/mol. The van der Waals surface area contributed by atoms with Crippen molar-refractivity contribution in [3.8, 4) is 0 Å². The molecule has 0 amide bonds. The van der Waals surface area contributed by atoms with Gasteiger partial charge in [-0.1, -0.05) is 6.07 Å². The van der Waals surface area contributed by atoms with E-state index in [0.717, 1.165) is 6.54 Å². The number of nitrogens with one attached hydrogen (secondary N) is 1. The van der Waals surface area contributed by atoms with E-state index in [9.17, 15) is 10.1 Å². The van der Waals surface area contributed by atoms with Gasteiger partial charge in [0.25, 0.3) is 11.7 Å². The normalized spacial score (nSPS) is 11.2. The van der Waals surface area contributed by atoms with Crippen LogP contribution in [-0.4, -0.2) is 55.2 Å². The topological polar surface area (TPSA) is 93.7 Å². The highest BCUT2D eigenvalue weighted by atomic mass is 16.6. The Kier molecular flexibility index (Phi) is 5.07. The van der Waals surface area contributed by atoms with Crippen LogP contribution in [0.3, 0.4) is 0 Å². The zero-order valence-corrected chi connectivity index (χ0v) is 12.0. The van der Waals surface area contributed by atoms with Crippen molar-refractivity contribution in [2.24, 2.45) is 0 Å². The van der Waals surface area contributed by atoms with Crippen molar-refractivity contribution in [1.29, 1.82) is 0 Å². The molecule has 1 heterocycles. The number of hydrogen-bond acceptors (Lipinski definition) is 7. The fourth-order valence-corrected chi connectivity index (χ4v) is 1.74. The van der Waals surface area contributed by atoms with Crippen LogP contribution in [0.15, 0.2) is 22.6 Å². The molecule has 0 aliphatic rings. The second kappa shape index (κ2) is 7.00. The third kappa shape index (κ3) is 4.14. The number of oxazole rings is 1. The molecule has 0 saturated carbocycles. The molecule has 2 aromatic rings. The minimum atomic E-state index is -0.473. The van der Waals surface area contributed by atoms with Crippen LogP contribution in [0, 0.1) is 10.1 Å². The fraction of sp³-hybridized carbons (Fsp3) is 0.462. The maximum atomic E-state index is 10.9. The van der Waals surface area contributed by atoms with Crippen molar-refractivity contribution in [3.63, 3.8) is 0 Å². The Balaban J connectivity index is 1.88. The lowest BCUT2D eigenvalue weighted by Crippen LogP contribution is -2.20. The molecular weight excluding hydrogens is 276 g/mol. The SMILES string of the molecule is CN(C)CCOCCNc1nc2c([N+](=O)[O-])cccc2o1. The number of rotatable bonds is 8. The molecular formula is C13H18N4O4. The molecule has 0 spiro atoms. The Hall–Kier alpha value is -2.19. The van der Waals surface area contributed by atoms with Crippen molar-refractivity contribution in [2.45, 2.75) is 0 Å². The molecule has 2 rings (SSSR count). The van der Waals surface area contributed by atoms with Gasteiger partial charge in [-0.2, -0.15) is 4.98 Å². The summed E-state index contributed by atoms with van der Waals surface area (Å²) in [7, 11) is 3.96. The van der Waals surface area contributed by atoms with Gasteiger partial charge in [-0.3, -0.25) is 10.1 Å². The van der Waals surface area contributed by atoms with E-state index >= 15 is 0 Å². The highest BCUT2D eigenvalue weighted by molar-refractivity contribution is 5.83. The molecule has 8 heteroatoms. The van der Waals surface area contributed by atoms with Gasteiger partial charge >= 0.3 is 0 Å². The molecule has 0 fully saturated rings. The van der Waals surface area contributed by atoms with E-state index in [0.29, 0.717) is 25.3 Å². The summed E-state index contributed by atoms with van der Waals surface area (Å²) in [5.74, 6) is 0. The number of likely N-dealkylation sites (N-methyl/N-ethyl adjacent to an activating group) is 1. The number of nitrogens with zero attached hydrogens (tertiary/aromatic N) is 3. The van der Waals surface area contributed by atoms with Crippen LogP contribution in [-0.2, 0) is 4.74 Å². The Morgan fingerprint density at radius 2 is 2.24 bits per heavy atom. The van der Waals surface area contributed by atoms with Gasteiger partial charge in [0.1, 0.15) is 0 Å². The smallest absolute Gasteiger partial charge is 0.298 e. The molecule has 0 aliphatic carbocycles. The number of fused-ring (bicyclic) bond motifs is 1. The van der Waals surface area contributed by atoms with Crippen LogP contribution < -0.4 is 5.32 Å². The van der Waals surface area contributed by atoms with Gasteiger partial charge in [-0.15, -0.1) is 0 Å². The van der Waals surface area contributed by atoms with E-state index in [2.05, 4.69) is 10.3 Å². The van der Waals surface area contributed by atoms with E-state index in [1.54, 1.807) is 12.1 Å². The van der Waals surface area contributed by atoms with Gasteiger partial charge in [0.15, 0.2) is 11.1 Å². The number of benzene rings is 1. The minimum Gasteiger partial charge on any atom is -0.423 e. The molecule has 0 aliphatic heterocycles. The van der Waals surface area contributed by atoms with Crippen LogP contribution in [0.2, 0.25) is 0 Å². The number of para-hydroxylation sites is 1. The van der Waals surface area contributed by atoms with E-state index in [-0.39, 0.29) is 17.2 Å². The van der Waals surface area contributed by atoms with E-state index in [4.69, 9.17) is 9.15 Å². The lowest BCUT2D eigenvalue weighted by molar-refractivity contribution is -0.383. The largest absolute Gasteiger partial charge is 0.423 e. The monoisotopic (exact) mass is 294 g/mol. The maximum Gasteiger partial charge on any atom is 0.298 e. The first kappa shape index (κ1) is 15.2. The Bertz CT molecular complexity index is 611. The molecule has 8 nitrogen and oxygen atoms in total. The van der Waals surface area contributed by atoms with Crippen molar-refractivity contribution < 1.29 is 14.1 Å². The van der Waals surface area contributed by atoms with Crippen molar-refractivity contribution in [1.82, 2.24) is 9.88 Å². The summed E-state index contributed by atoms with van der Waals surface area (Å²) in [6.45, 7) is 2.53. The zero-order valence-electron chi connectivity index (χ0n) is 12.0.